The van der Waals surface area contributed by atoms with Crippen molar-refractivity contribution in [2.45, 2.75) is 26.2 Å². The monoisotopic (exact) mass is 286 g/mol. The lowest BCUT2D eigenvalue weighted by atomic mass is 9.79. The van der Waals surface area contributed by atoms with Crippen molar-refractivity contribution in [2.75, 3.05) is 26.2 Å². The van der Waals surface area contributed by atoms with E-state index in [1.165, 1.54) is 25.3 Å². The zero-order valence-electron chi connectivity index (χ0n) is 11.7. The molecule has 0 aliphatic carbocycles. The zero-order valence-corrected chi connectivity index (χ0v) is 11.7. The van der Waals surface area contributed by atoms with Crippen LogP contribution in [0.4, 0.5) is 12.9 Å². The molecule has 0 N–H and O–H groups in total. The summed E-state index contributed by atoms with van der Waals surface area (Å²) in [6, 6.07) is 3.69. The van der Waals surface area contributed by atoms with E-state index in [-0.39, 0.29) is 0 Å². The molecule has 1 aromatic rings. The molecule has 2 rings (SSSR count). The third kappa shape index (κ3) is 4.17. The lowest BCUT2D eigenvalue weighted by Gasteiger charge is -2.26. The fourth-order valence-corrected chi connectivity index (χ4v) is 2.51. The Morgan fingerprint density at radius 2 is 1.85 bits per heavy atom. The summed E-state index contributed by atoms with van der Waals surface area (Å²) in [6.45, 7) is 0.276. The van der Waals surface area contributed by atoms with Crippen molar-refractivity contribution in [1.29, 1.82) is 0 Å². The number of ether oxygens (including phenoxy) is 1. The SMILES string of the molecule is Cc1cc([B-](F)(F)F)ccc1OCCN1CCCCC1. The molecule has 1 fully saturated rings. The Bertz CT molecular complexity index is 445. The third-order valence-electron chi connectivity index (χ3n) is 3.69. The summed E-state index contributed by atoms with van der Waals surface area (Å²) in [4.78, 5) is 2.34. The summed E-state index contributed by atoms with van der Waals surface area (Å²) >= 11 is 0. The molecule has 112 valence electrons. The molecule has 1 aliphatic heterocycles. The molecule has 1 aliphatic rings. The first-order valence-electron chi connectivity index (χ1n) is 7.12. The summed E-state index contributed by atoms with van der Waals surface area (Å²) in [6.07, 6.45) is 3.74. The first-order chi connectivity index (χ1) is 9.47. The van der Waals surface area contributed by atoms with Gasteiger partial charge in [0.2, 0.25) is 0 Å². The maximum atomic E-state index is 12.6. The molecule has 0 atom stereocenters. The fourth-order valence-electron chi connectivity index (χ4n) is 2.51. The Kier molecular flexibility index (Phi) is 4.97. The maximum absolute atomic E-state index is 12.6. The van der Waals surface area contributed by atoms with Crippen molar-refractivity contribution in [3.8, 4) is 5.75 Å². The van der Waals surface area contributed by atoms with Gasteiger partial charge in [-0.1, -0.05) is 18.6 Å². The van der Waals surface area contributed by atoms with Crippen LogP contribution in [-0.2, 0) is 0 Å². The van der Waals surface area contributed by atoms with Gasteiger partial charge in [0.25, 0.3) is 0 Å². The van der Waals surface area contributed by atoms with Crippen LogP contribution in [0.2, 0.25) is 0 Å². The molecular formula is C14H20BF3NO-. The summed E-state index contributed by atoms with van der Waals surface area (Å²) in [5.41, 5.74) is -0.0220. The van der Waals surface area contributed by atoms with Gasteiger partial charge in [0.05, 0.1) is 0 Å². The van der Waals surface area contributed by atoms with Crippen LogP contribution in [0.3, 0.4) is 0 Å². The Labute approximate surface area is 118 Å². The molecule has 6 heteroatoms. The van der Waals surface area contributed by atoms with Gasteiger partial charge in [0.15, 0.2) is 0 Å². The van der Waals surface area contributed by atoms with E-state index < -0.39 is 12.4 Å². The minimum Gasteiger partial charge on any atom is -0.492 e. The van der Waals surface area contributed by atoms with Gasteiger partial charge in [-0.3, -0.25) is 4.90 Å². The molecule has 1 heterocycles. The van der Waals surface area contributed by atoms with Crippen molar-refractivity contribution in [3.63, 3.8) is 0 Å². The normalized spacial score (nSPS) is 17.2. The molecule has 1 aromatic carbocycles. The number of nitrogens with zero attached hydrogens (tertiary/aromatic N) is 1. The number of rotatable bonds is 5. The van der Waals surface area contributed by atoms with Crippen molar-refractivity contribution >= 4 is 12.4 Å². The second-order valence-corrected chi connectivity index (χ2v) is 5.35. The second-order valence-electron chi connectivity index (χ2n) is 5.35. The Morgan fingerprint density at radius 3 is 2.45 bits per heavy atom. The average Bonchev–Trinajstić information content (AvgIpc) is 2.40. The van der Waals surface area contributed by atoms with E-state index in [1.807, 2.05) is 0 Å². The lowest BCUT2D eigenvalue weighted by Crippen LogP contribution is -2.34. The largest absolute Gasteiger partial charge is 0.509 e. The highest BCUT2D eigenvalue weighted by Crippen LogP contribution is 2.19. The van der Waals surface area contributed by atoms with Crippen LogP contribution in [0.15, 0.2) is 18.2 Å². The standard InChI is InChI=1S/C14H20BF3NO/c1-12-11-13(15(16,17)18)5-6-14(12)20-10-9-19-7-3-2-4-8-19/h5-6,11H,2-4,7-10H2,1H3/q-1. The van der Waals surface area contributed by atoms with Gasteiger partial charge in [0.1, 0.15) is 12.4 Å². The topological polar surface area (TPSA) is 12.5 Å². The summed E-state index contributed by atoms with van der Waals surface area (Å²) in [5.74, 6) is 0.547. The minimum absolute atomic E-state index is 0.525. The van der Waals surface area contributed by atoms with Crippen molar-refractivity contribution < 1.29 is 17.7 Å². The van der Waals surface area contributed by atoms with Gasteiger partial charge < -0.3 is 17.7 Å². The molecule has 2 nitrogen and oxygen atoms in total. The number of piperidine rings is 1. The summed E-state index contributed by atoms with van der Waals surface area (Å²) in [7, 11) is 0. The average molecular weight is 286 g/mol. The summed E-state index contributed by atoms with van der Waals surface area (Å²) < 4.78 is 43.4. The van der Waals surface area contributed by atoms with Crippen LogP contribution in [0.25, 0.3) is 0 Å². The minimum atomic E-state index is -4.93. The predicted octanol–water partition coefficient (Wildman–Crippen LogP) is 2.91. The molecule has 0 saturated carbocycles. The van der Waals surface area contributed by atoms with Crippen LogP contribution in [0.1, 0.15) is 24.8 Å². The molecule has 0 aromatic heterocycles. The lowest BCUT2D eigenvalue weighted by molar-refractivity contribution is 0.183. The molecule has 0 unspecified atom stereocenters. The van der Waals surface area contributed by atoms with E-state index in [1.54, 1.807) is 6.92 Å². The van der Waals surface area contributed by atoms with E-state index in [9.17, 15) is 12.9 Å². The van der Waals surface area contributed by atoms with E-state index in [0.717, 1.165) is 31.8 Å². The van der Waals surface area contributed by atoms with Crippen LogP contribution < -0.4 is 10.2 Å². The van der Waals surface area contributed by atoms with E-state index in [2.05, 4.69) is 4.90 Å². The second kappa shape index (κ2) is 6.52. The van der Waals surface area contributed by atoms with Crippen LogP contribution in [0.5, 0.6) is 5.75 Å². The van der Waals surface area contributed by atoms with Crippen molar-refractivity contribution in [1.82, 2.24) is 4.90 Å². The van der Waals surface area contributed by atoms with E-state index >= 15 is 0 Å². The highest BCUT2D eigenvalue weighted by Gasteiger charge is 2.25. The number of benzene rings is 1. The first kappa shape index (κ1) is 15.2. The van der Waals surface area contributed by atoms with Crippen LogP contribution in [0, 0.1) is 6.92 Å². The highest BCUT2D eigenvalue weighted by molar-refractivity contribution is 6.73. The fraction of sp³-hybridized carbons (Fsp3) is 0.571. The molecule has 20 heavy (non-hydrogen) atoms. The van der Waals surface area contributed by atoms with E-state index in [4.69, 9.17) is 4.74 Å². The Hall–Kier alpha value is -1.17. The Morgan fingerprint density at radius 1 is 1.15 bits per heavy atom. The van der Waals surface area contributed by atoms with Gasteiger partial charge in [-0.2, -0.15) is 0 Å². The molecule has 0 radical (unpaired) electrons. The van der Waals surface area contributed by atoms with Gasteiger partial charge in [-0.15, -0.1) is 5.46 Å². The zero-order chi connectivity index (χ0) is 14.6. The first-order valence-corrected chi connectivity index (χ1v) is 7.12. The molecule has 1 saturated heterocycles. The third-order valence-corrected chi connectivity index (χ3v) is 3.69. The highest BCUT2D eigenvalue weighted by atomic mass is 19.4. The maximum Gasteiger partial charge on any atom is 0.509 e. The number of halogens is 3. The Balaban J connectivity index is 1.86. The van der Waals surface area contributed by atoms with Crippen LogP contribution in [-0.4, -0.2) is 38.1 Å². The van der Waals surface area contributed by atoms with Crippen molar-refractivity contribution in [2.24, 2.45) is 0 Å². The molecule has 0 bridgehead atoms. The number of hydrogen-bond donors (Lipinski definition) is 0. The summed E-state index contributed by atoms with van der Waals surface area (Å²) in [5, 5.41) is 0. The number of likely N-dealkylation sites (tertiary alicyclic amines) is 1. The van der Waals surface area contributed by atoms with Crippen LogP contribution >= 0.6 is 0 Å². The molecule has 0 amide bonds. The number of hydrogen-bond acceptors (Lipinski definition) is 2. The number of aryl methyl sites for hydroxylation is 1. The molecule has 0 spiro atoms. The quantitative estimate of drug-likeness (QED) is 0.772. The van der Waals surface area contributed by atoms with Gasteiger partial charge in [-0.05, 0) is 44.5 Å². The van der Waals surface area contributed by atoms with Gasteiger partial charge in [-0.25, -0.2) is 0 Å². The van der Waals surface area contributed by atoms with Gasteiger partial charge in [0, 0.05) is 6.54 Å². The van der Waals surface area contributed by atoms with Crippen molar-refractivity contribution in [3.05, 3.63) is 23.8 Å². The smallest absolute Gasteiger partial charge is 0.492 e. The van der Waals surface area contributed by atoms with Gasteiger partial charge >= 0.3 is 6.98 Å². The molecular weight excluding hydrogens is 266 g/mol. The van der Waals surface area contributed by atoms with E-state index in [0.29, 0.717) is 17.9 Å². The predicted molar refractivity (Wildman–Crippen MR) is 75.7 cm³/mol.